The third-order valence-corrected chi connectivity index (χ3v) is 16.1. The van der Waals surface area contributed by atoms with E-state index in [4.69, 9.17) is 4.43 Å². The Kier molecular flexibility index (Phi) is 7.80. The molecule has 2 N–H and O–H groups in total. The Bertz CT molecular complexity index is 1390. The van der Waals surface area contributed by atoms with Gasteiger partial charge in [-0.15, -0.1) is 11.8 Å². The third kappa shape index (κ3) is 5.00. The second-order valence-corrected chi connectivity index (χ2v) is 19.4. The van der Waals surface area contributed by atoms with Gasteiger partial charge in [-0.2, -0.15) is 0 Å². The number of piperidine rings is 1. The first-order valence-electron chi connectivity index (χ1n) is 15.4. The molecule has 220 valence electrons. The van der Waals surface area contributed by atoms with Crippen LogP contribution in [0.5, 0.6) is 0 Å². The van der Waals surface area contributed by atoms with Crippen molar-refractivity contribution < 1.29 is 9.22 Å². The van der Waals surface area contributed by atoms with Crippen LogP contribution in [0.3, 0.4) is 0 Å². The lowest BCUT2D eigenvalue weighted by Crippen LogP contribution is -2.71. The van der Waals surface area contributed by atoms with Gasteiger partial charge in [0.2, 0.25) is 5.91 Å². The third-order valence-electron chi connectivity index (χ3n) is 9.87. The maximum absolute atomic E-state index is 13.5. The maximum atomic E-state index is 13.5. The van der Waals surface area contributed by atoms with Crippen molar-refractivity contribution in [1.29, 1.82) is 0 Å². The van der Waals surface area contributed by atoms with Gasteiger partial charge in [-0.3, -0.25) is 4.79 Å². The van der Waals surface area contributed by atoms with E-state index in [1.807, 2.05) is 11.8 Å². The number of amides is 1. The van der Waals surface area contributed by atoms with Crippen LogP contribution in [0.4, 0.5) is 0 Å². The van der Waals surface area contributed by atoms with Crippen LogP contribution in [-0.2, 0) is 9.22 Å². The minimum atomic E-state index is -2.84. The SMILES string of the molecule is CC1(C)[C@H](O[Si](c2ccccc2)(c2ccccc2)C(C)(C)C)[C@@H](Sc2ccccc2)C=C2NC(=O)[C@@]3(CCCN3)C[C@@H]21. The fourth-order valence-electron chi connectivity index (χ4n) is 7.62. The van der Waals surface area contributed by atoms with E-state index in [9.17, 15) is 4.79 Å². The molecule has 0 unspecified atom stereocenters. The number of benzene rings is 3. The summed E-state index contributed by atoms with van der Waals surface area (Å²) in [6, 6.07) is 32.5. The Labute approximate surface area is 256 Å². The molecule has 0 radical (unpaired) electrons. The van der Waals surface area contributed by atoms with Gasteiger partial charge >= 0.3 is 0 Å². The first-order valence-corrected chi connectivity index (χ1v) is 18.1. The predicted molar refractivity (Wildman–Crippen MR) is 177 cm³/mol. The van der Waals surface area contributed by atoms with Crippen molar-refractivity contribution in [2.75, 3.05) is 6.54 Å². The van der Waals surface area contributed by atoms with Crippen LogP contribution in [0.1, 0.15) is 53.9 Å². The van der Waals surface area contributed by atoms with E-state index in [1.54, 1.807) is 0 Å². The van der Waals surface area contributed by atoms with Gasteiger partial charge < -0.3 is 15.1 Å². The number of nitrogens with one attached hydrogen (secondary N) is 2. The summed E-state index contributed by atoms with van der Waals surface area (Å²) in [5.74, 6) is 0.310. The minimum absolute atomic E-state index is 0.0289. The van der Waals surface area contributed by atoms with Crippen LogP contribution in [0.25, 0.3) is 0 Å². The van der Waals surface area contributed by atoms with Gasteiger partial charge in [0.1, 0.15) is 0 Å². The number of thioether (sulfide) groups is 1. The number of hydrogen-bond acceptors (Lipinski definition) is 4. The molecule has 3 aliphatic rings. The van der Waals surface area contributed by atoms with Crippen molar-refractivity contribution in [3.8, 4) is 0 Å². The molecule has 3 aromatic carbocycles. The second-order valence-electron chi connectivity index (χ2n) is 13.9. The number of fused-ring (bicyclic) bond motifs is 1. The highest BCUT2D eigenvalue weighted by Crippen LogP contribution is 2.53. The van der Waals surface area contributed by atoms with Crippen molar-refractivity contribution in [3.05, 3.63) is 103 Å². The van der Waals surface area contributed by atoms with Crippen molar-refractivity contribution in [1.82, 2.24) is 10.6 Å². The molecule has 1 spiro atoms. The van der Waals surface area contributed by atoms with Crippen molar-refractivity contribution in [2.45, 2.75) is 80.7 Å². The lowest BCUT2D eigenvalue weighted by atomic mass is 9.62. The van der Waals surface area contributed by atoms with Crippen molar-refractivity contribution in [3.63, 3.8) is 0 Å². The summed E-state index contributed by atoms with van der Waals surface area (Å²) in [4.78, 5) is 14.7. The molecule has 42 heavy (non-hydrogen) atoms. The van der Waals surface area contributed by atoms with Gasteiger partial charge in [0, 0.05) is 16.5 Å². The molecule has 1 aliphatic carbocycles. The Hall–Kier alpha value is -2.64. The average Bonchev–Trinajstić information content (AvgIpc) is 3.45. The maximum Gasteiger partial charge on any atom is 0.261 e. The second kappa shape index (κ2) is 11.1. The molecule has 2 fully saturated rings. The monoisotopic (exact) mass is 596 g/mol. The lowest BCUT2D eigenvalue weighted by molar-refractivity contribution is -0.131. The molecule has 0 saturated carbocycles. The molecule has 6 rings (SSSR count). The number of rotatable bonds is 6. The van der Waals surface area contributed by atoms with E-state index in [1.165, 1.54) is 15.3 Å². The molecule has 0 bridgehead atoms. The number of carbonyl (C=O) groups excluding carboxylic acids is 1. The van der Waals surface area contributed by atoms with Crippen LogP contribution in [0.2, 0.25) is 5.04 Å². The number of allylic oxidation sites excluding steroid dienone is 1. The summed E-state index contributed by atoms with van der Waals surface area (Å²) in [6.07, 6.45) is 4.97. The average molecular weight is 597 g/mol. The molecule has 3 aromatic rings. The largest absolute Gasteiger partial charge is 0.402 e. The number of carbonyl (C=O) groups is 1. The Morgan fingerprint density at radius 2 is 1.45 bits per heavy atom. The van der Waals surface area contributed by atoms with Crippen LogP contribution in [0, 0.1) is 11.3 Å². The molecule has 2 aliphatic heterocycles. The first-order chi connectivity index (χ1) is 20.1. The van der Waals surface area contributed by atoms with Crippen LogP contribution < -0.4 is 21.0 Å². The molecule has 2 saturated heterocycles. The highest BCUT2D eigenvalue weighted by atomic mass is 32.2. The molecule has 4 atom stereocenters. The Balaban J connectivity index is 1.52. The van der Waals surface area contributed by atoms with Gasteiger partial charge in [0.25, 0.3) is 8.32 Å². The number of hydrogen-bond donors (Lipinski definition) is 2. The quantitative estimate of drug-likeness (QED) is 0.329. The molecular weight excluding hydrogens is 553 g/mol. The minimum Gasteiger partial charge on any atom is -0.402 e. The summed E-state index contributed by atoms with van der Waals surface area (Å²) >= 11 is 1.85. The molecule has 6 heteroatoms. The van der Waals surface area contributed by atoms with E-state index in [-0.39, 0.29) is 33.6 Å². The van der Waals surface area contributed by atoms with Crippen molar-refractivity contribution >= 4 is 36.4 Å². The Morgan fingerprint density at radius 3 is 1.98 bits per heavy atom. The van der Waals surface area contributed by atoms with E-state index in [2.05, 4.69) is 142 Å². The summed E-state index contributed by atoms with van der Waals surface area (Å²) in [6.45, 7) is 12.7. The zero-order chi connectivity index (χ0) is 29.6. The zero-order valence-electron chi connectivity index (χ0n) is 25.5. The summed E-state index contributed by atoms with van der Waals surface area (Å²) in [7, 11) is -2.84. The highest BCUT2D eigenvalue weighted by Gasteiger charge is 2.59. The predicted octanol–water partition coefficient (Wildman–Crippen LogP) is 6.27. The van der Waals surface area contributed by atoms with E-state index >= 15 is 0 Å². The standard InChI is InChI=1S/C36H44N2O2SSi/c1-34(2,3)42(27-18-11-7-12-19-27,28-20-13-8-14-21-28)40-32-31(41-26-16-9-6-10-17-26)24-30-29(35(32,4)5)25-36(33(39)38-30)22-15-23-37-36/h6-14,16-21,24,29,31-32,37H,15,22-23,25H2,1-5H3,(H,38,39)/t29-,31-,32+,36+/m0/s1. The molecule has 2 heterocycles. The highest BCUT2D eigenvalue weighted by molar-refractivity contribution is 8.00. The first kappa shape index (κ1) is 29.4. The van der Waals surface area contributed by atoms with E-state index in [0.717, 1.165) is 31.5 Å². The van der Waals surface area contributed by atoms with E-state index < -0.39 is 13.9 Å². The molecular formula is C36H44N2O2SSi. The fraction of sp³-hybridized carbons (Fsp3) is 0.417. The summed E-state index contributed by atoms with van der Waals surface area (Å²) in [5.41, 5.74) is 0.343. The lowest BCUT2D eigenvalue weighted by Gasteiger charge is -2.56. The summed E-state index contributed by atoms with van der Waals surface area (Å²) in [5, 5.41) is 9.49. The molecule has 1 amide bonds. The van der Waals surface area contributed by atoms with Gasteiger partial charge in [0.15, 0.2) is 0 Å². The fourth-order valence-corrected chi connectivity index (χ4v) is 13.9. The molecule has 0 aromatic heterocycles. The summed E-state index contributed by atoms with van der Waals surface area (Å²) < 4.78 is 7.98. The van der Waals surface area contributed by atoms with Gasteiger partial charge in [-0.25, -0.2) is 0 Å². The smallest absolute Gasteiger partial charge is 0.261 e. The van der Waals surface area contributed by atoms with E-state index in [0.29, 0.717) is 0 Å². The topological polar surface area (TPSA) is 50.4 Å². The van der Waals surface area contributed by atoms with Crippen LogP contribution in [-0.4, -0.2) is 37.7 Å². The van der Waals surface area contributed by atoms with Crippen LogP contribution in [0.15, 0.2) is 108 Å². The Morgan fingerprint density at radius 1 is 0.881 bits per heavy atom. The normalized spacial score (nSPS) is 27.3. The van der Waals surface area contributed by atoms with Gasteiger partial charge in [0.05, 0.1) is 16.9 Å². The van der Waals surface area contributed by atoms with Gasteiger partial charge in [-0.1, -0.05) is 113 Å². The van der Waals surface area contributed by atoms with Crippen LogP contribution >= 0.6 is 11.8 Å². The zero-order valence-corrected chi connectivity index (χ0v) is 27.3. The molecule has 4 nitrogen and oxygen atoms in total. The van der Waals surface area contributed by atoms with Gasteiger partial charge in [-0.05, 0) is 64.8 Å². The van der Waals surface area contributed by atoms with Crippen molar-refractivity contribution in [2.24, 2.45) is 11.3 Å².